The summed E-state index contributed by atoms with van der Waals surface area (Å²) in [6.45, 7) is 9.78. The number of aliphatic hydroxyl groups is 3. The van der Waals surface area contributed by atoms with E-state index in [-0.39, 0.29) is 34.4 Å². The Kier molecular flexibility index (Phi) is 5.43. The summed E-state index contributed by atoms with van der Waals surface area (Å²) in [6.07, 6.45) is 5.81. The van der Waals surface area contributed by atoms with Crippen LogP contribution in [0.5, 0.6) is 0 Å². The molecule has 172 valence electrons. The minimum Gasteiger partial charge on any atom is -0.392 e. The van der Waals surface area contributed by atoms with Gasteiger partial charge >= 0.3 is 0 Å². The van der Waals surface area contributed by atoms with Gasteiger partial charge < -0.3 is 15.3 Å². The molecule has 0 radical (unpaired) electrons. The number of aliphatic hydroxyl groups excluding tert-OH is 2. The molecule has 2 bridgehead atoms. The predicted octanol–water partition coefficient (Wildman–Crippen LogP) is 3.22. The lowest BCUT2D eigenvalue weighted by Crippen LogP contribution is -2.64. The molecule has 2 saturated carbocycles. The van der Waals surface area contributed by atoms with Crippen molar-refractivity contribution in [1.29, 1.82) is 0 Å². The molecule has 4 aliphatic rings. The van der Waals surface area contributed by atoms with Gasteiger partial charge in [-0.15, -0.1) is 0 Å². The van der Waals surface area contributed by atoms with Crippen molar-refractivity contribution in [2.45, 2.75) is 78.4 Å². The first kappa shape index (κ1) is 22.9. The molecule has 0 unspecified atom stereocenters. The van der Waals surface area contributed by atoms with Crippen molar-refractivity contribution in [3.63, 3.8) is 0 Å². The summed E-state index contributed by atoms with van der Waals surface area (Å²) >= 11 is 0. The first-order valence-corrected chi connectivity index (χ1v) is 12.0. The fourth-order valence-electron chi connectivity index (χ4n) is 7.65. The highest BCUT2D eigenvalue weighted by Gasteiger charge is 2.76. The smallest absolute Gasteiger partial charge is 0.153 e. The molecule has 31 heavy (non-hydrogen) atoms. The fourth-order valence-corrected chi connectivity index (χ4v) is 7.65. The van der Waals surface area contributed by atoms with Gasteiger partial charge in [0, 0.05) is 12.3 Å². The van der Waals surface area contributed by atoms with E-state index < -0.39 is 35.6 Å². The van der Waals surface area contributed by atoms with E-state index in [1.165, 1.54) is 0 Å². The highest BCUT2D eigenvalue weighted by atomic mass is 16.3. The first-order chi connectivity index (χ1) is 14.5. The lowest BCUT2D eigenvalue weighted by molar-refractivity contribution is -0.180. The number of hydrogen-bond acceptors (Lipinski definition) is 5. The molecule has 5 nitrogen and oxygen atoms in total. The number of carbonyl (C=O) groups excluding carboxylic acids is 2. The van der Waals surface area contributed by atoms with Crippen LogP contribution >= 0.6 is 0 Å². The molecule has 3 N–H and O–H groups in total. The topological polar surface area (TPSA) is 94.8 Å². The zero-order valence-corrected chi connectivity index (χ0v) is 19.5. The van der Waals surface area contributed by atoms with Crippen LogP contribution in [0.2, 0.25) is 0 Å². The maximum Gasteiger partial charge on any atom is 0.153 e. The Bertz CT molecular complexity index is 854. The Labute approximate surface area is 185 Å². The molecular formula is C26H38O5. The Morgan fingerprint density at radius 3 is 2.55 bits per heavy atom. The number of ketones is 2. The number of Topliss-reactive ketones (excluding diaryl/α,β-unsaturated/α-hetero) is 2. The number of hydrogen-bond donors (Lipinski definition) is 3. The molecule has 0 aromatic carbocycles. The normalized spacial score (nSPS) is 45.1. The van der Waals surface area contributed by atoms with Gasteiger partial charge in [-0.25, -0.2) is 0 Å². The van der Waals surface area contributed by atoms with Crippen LogP contribution in [0, 0.1) is 40.4 Å². The maximum atomic E-state index is 14.2. The average Bonchev–Trinajstić information content (AvgIpc) is 3.17. The molecule has 1 spiro atoms. The van der Waals surface area contributed by atoms with Crippen molar-refractivity contribution in [2.75, 3.05) is 6.61 Å². The summed E-state index contributed by atoms with van der Waals surface area (Å²) in [6, 6.07) is 0. The van der Waals surface area contributed by atoms with Crippen LogP contribution in [0.25, 0.3) is 0 Å². The number of fused-ring (bicyclic) bond motifs is 3. The van der Waals surface area contributed by atoms with Crippen molar-refractivity contribution in [3.05, 3.63) is 23.3 Å². The van der Waals surface area contributed by atoms with Gasteiger partial charge in [-0.05, 0) is 48.5 Å². The summed E-state index contributed by atoms with van der Waals surface area (Å²) in [5.41, 5.74) is -2.32. The second-order valence-corrected chi connectivity index (χ2v) is 11.2. The summed E-state index contributed by atoms with van der Waals surface area (Å²) in [5.74, 6) is -1.34. The predicted molar refractivity (Wildman–Crippen MR) is 118 cm³/mol. The number of unbranched alkanes of at least 4 members (excludes halogenated alkanes) is 2. The van der Waals surface area contributed by atoms with Crippen molar-refractivity contribution in [2.24, 2.45) is 40.4 Å². The van der Waals surface area contributed by atoms with Gasteiger partial charge in [0.15, 0.2) is 5.78 Å². The lowest BCUT2D eigenvalue weighted by atomic mass is 9.57. The summed E-state index contributed by atoms with van der Waals surface area (Å²) in [4.78, 5) is 27.6. The third kappa shape index (κ3) is 2.79. The Balaban J connectivity index is 1.87. The monoisotopic (exact) mass is 430 g/mol. The lowest BCUT2D eigenvalue weighted by Gasteiger charge is -2.49. The van der Waals surface area contributed by atoms with Crippen LogP contribution < -0.4 is 0 Å². The van der Waals surface area contributed by atoms with Crippen molar-refractivity contribution < 1.29 is 24.9 Å². The van der Waals surface area contributed by atoms with Gasteiger partial charge in [-0.1, -0.05) is 58.3 Å². The van der Waals surface area contributed by atoms with Crippen molar-refractivity contribution in [1.82, 2.24) is 0 Å². The second-order valence-electron chi connectivity index (χ2n) is 11.2. The standard InChI is InChI=1S/C26H38O5/c1-6-7-8-9-19(28)20-14(2)12-25-15(3)10-18-21(24(18,4)5)17(23(25)30)11-16(13-27)22(29)26(20,25)31/h11-12,15,17-18,20-22,27,29,31H,6-10,13H2,1-5H3/t15-,17+,18-,20-,21+,22-,25+,26-/m1/s1. The van der Waals surface area contributed by atoms with Crippen LogP contribution in [-0.2, 0) is 9.59 Å². The van der Waals surface area contributed by atoms with Crippen LogP contribution in [0.3, 0.4) is 0 Å². The Morgan fingerprint density at radius 2 is 1.94 bits per heavy atom. The van der Waals surface area contributed by atoms with E-state index in [1.807, 2.05) is 19.9 Å². The summed E-state index contributed by atoms with van der Waals surface area (Å²) < 4.78 is 0. The largest absolute Gasteiger partial charge is 0.392 e. The molecule has 0 aromatic rings. The zero-order chi connectivity index (χ0) is 22.9. The van der Waals surface area contributed by atoms with Gasteiger partial charge in [0.1, 0.15) is 17.5 Å². The number of allylic oxidation sites excluding steroid dienone is 1. The third-order valence-electron chi connectivity index (χ3n) is 9.33. The summed E-state index contributed by atoms with van der Waals surface area (Å²) in [7, 11) is 0. The molecule has 0 aromatic heterocycles. The van der Waals surface area contributed by atoms with Gasteiger partial charge in [0.05, 0.1) is 17.9 Å². The zero-order valence-electron chi connectivity index (χ0n) is 19.5. The van der Waals surface area contributed by atoms with Crippen molar-refractivity contribution >= 4 is 11.6 Å². The molecule has 4 aliphatic carbocycles. The maximum absolute atomic E-state index is 14.2. The second kappa shape index (κ2) is 7.36. The molecule has 0 amide bonds. The number of carbonyl (C=O) groups is 2. The van der Waals surface area contributed by atoms with Crippen LogP contribution in [-0.4, -0.2) is 45.2 Å². The van der Waals surface area contributed by atoms with Gasteiger partial charge in [-0.3, -0.25) is 9.59 Å². The van der Waals surface area contributed by atoms with Gasteiger partial charge in [-0.2, -0.15) is 0 Å². The van der Waals surface area contributed by atoms with Gasteiger partial charge in [0.2, 0.25) is 0 Å². The molecule has 0 heterocycles. The van der Waals surface area contributed by atoms with Gasteiger partial charge in [0.25, 0.3) is 0 Å². The average molecular weight is 431 g/mol. The van der Waals surface area contributed by atoms with E-state index in [2.05, 4.69) is 20.8 Å². The molecule has 0 saturated heterocycles. The third-order valence-corrected chi connectivity index (χ3v) is 9.33. The SMILES string of the molecule is CCCCCC(=O)[C@H]1C(C)=C[C@]23C(=O)[C@@H](C=C(CO)[C@@H](O)[C@]12O)[C@H]1[C@@H](C[C@H]3C)C1(C)C. The minimum atomic E-state index is -1.96. The molecule has 8 atom stereocenters. The molecule has 2 fully saturated rings. The van der Waals surface area contributed by atoms with Crippen LogP contribution in [0.15, 0.2) is 23.3 Å². The van der Waals surface area contributed by atoms with E-state index in [1.54, 1.807) is 6.08 Å². The molecule has 4 rings (SSSR count). The van der Waals surface area contributed by atoms with E-state index in [9.17, 15) is 24.9 Å². The minimum absolute atomic E-state index is 0.00735. The fraction of sp³-hybridized carbons (Fsp3) is 0.769. The van der Waals surface area contributed by atoms with E-state index in [0.717, 1.165) is 25.7 Å². The quantitative estimate of drug-likeness (QED) is 0.444. The molecule has 0 aliphatic heterocycles. The molecule has 5 heteroatoms. The highest BCUT2D eigenvalue weighted by molar-refractivity contribution is 5.98. The molecular weight excluding hydrogens is 392 g/mol. The Hall–Kier alpha value is -1.30. The van der Waals surface area contributed by atoms with E-state index in [0.29, 0.717) is 17.9 Å². The van der Waals surface area contributed by atoms with E-state index in [4.69, 9.17) is 0 Å². The van der Waals surface area contributed by atoms with Crippen molar-refractivity contribution in [3.8, 4) is 0 Å². The van der Waals surface area contributed by atoms with Crippen LogP contribution in [0.1, 0.15) is 66.7 Å². The first-order valence-electron chi connectivity index (χ1n) is 12.0. The van der Waals surface area contributed by atoms with Crippen LogP contribution in [0.4, 0.5) is 0 Å². The Morgan fingerprint density at radius 1 is 1.26 bits per heavy atom. The number of rotatable bonds is 6. The highest BCUT2D eigenvalue weighted by Crippen LogP contribution is 2.72. The summed E-state index contributed by atoms with van der Waals surface area (Å²) in [5, 5.41) is 33.9. The van der Waals surface area contributed by atoms with E-state index >= 15 is 0 Å².